The van der Waals surface area contributed by atoms with Crippen molar-refractivity contribution in [2.75, 3.05) is 0 Å². The van der Waals surface area contributed by atoms with Crippen molar-refractivity contribution in [2.45, 2.75) is 12.8 Å². The van der Waals surface area contributed by atoms with E-state index in [9.17, 15) is 0 Å². The third kappa shape index (κ3) is 5.05. The Kier molecular flexibility index (Phi) is 7.21. The maximum absolute atomic E-state index is 5.05. The molecule has 0 saturated carbocycles. The van der Waals surface area contributed by atoms with Gasteiger partial charge in [-0.2, -0.15) is 0 Å². The number of fused-ring (bicyclic) bond motifs is 5. The van der Waals surface area contributed by atoms with Crippen LogP contribution < -0.4 is 0 Å². The molecule has 1 aliphatic carbocycles. The van der Waals surface area contributed by atoms with Crippen LogP contribution in [0.4, 0.5) is 0 Å². The molecule has 5 heteroatoms. The van der Waals surface area contributed by atoms with Crippen LogP contribution in [0.1, 0.15) is 17.7 Å². The van der Waals surface area contributed by atoms with Gasteiger partial charge in [-0.15, -0.1) is 0 Å². The molecule has 0 atom stereocenters. The van der Waals surface area contributed by atoms with Crippen LogP contribution in [0.15, 0.2) is 170 Å². The molecule has 52 heavy (non-hydrogen) atoms. The molecule has 0 spiro atoms. The van der Waals surface area contributed by atoms with Gasteiger partial charge in [0.2, 0.25) is 0 Å². The molecule has 0 N–H and O–H groups in total. The predicted molar refractivity (Wildman–Crippen MR) is 213 cm³/mol. The van der Waals surface area contributed by atoms with Crippen molar-refractivity contribution in [1.29, 1.82) is 0 Å². The summed E-state index contributed by atoms with van der Waals surface area (Å²) in [4.78, 5) is 15.0. The Morgan fingerprint density at radius 1 is 0.442 bits per heavy atom. The van der Waals surface area contributed by atoms with Crippen LogP contribution in [-0.4, -0.2) is 24.1 Å². The fourth-order valence-corrected chi connectivity index (χ4v) is 7.67. The lowest BCUT2D eigenvalue weighted by Gasteiger charge is -2.14. The maximum atomic E-state index is 5.05. The molecule has 0 aliphatic heterocycles. The Morgan fingerprint density at radius 3 is 1.65 bits per heavy atom. The van der Waals surface area contributed by atoms with Gasteiger partial charge < -0.3 is 9.13 Å². The topological polar surface area (TPSA) is 48.5 Å². The summed E-state index contributed by atoms with van der Waals surface area (Å²) < 4.78 is 4.85. The molecule has 3 aromatic heterocycles. The number of benzene rings is 6. The van der Waals surface area contributed by atoms with E-state index in [-0.39, 0.29) is 0 Å². The van der Waals surface area contributed by atoms with Crippen LogP contribution in [0.25, 0.3) is 84.7 Å². The van der Waals surface area contributed by atoms with E-state index in [0.29, 0.717) is 17.5 Å². The fourth-order valence-electron chi connectivity index (χ4n) is 7.67. The monoisotopic (exact) mass is 667 g/mol. The van der Waals surface area contributed by atoms with Crippen molar-refractivity contribution in [2.24, 2.45) is 0 Å². The lowest BCUT2D eigenvalue weighted by Crippen LogP contribution is -2.02. The normalized spacial score (nSPS) is 12.4. The van der Waals surface area contributed by atoms with Crippen LogP contribution in [0.3, 0.4) is 0 Å². The molecule has 1 aliphatic rings. The largest absolute Gasteiger partial charge is 0.309 e. The Hall–Kier alpha value is -6.85. The molecule has 10 rings (SSSR count). The fraction of sp³-hybridized carbons (Fsp3) is 0.0426. The Morgan fingerprint density at radius 2 is 1.00 bits per heavy atom. The summed E-state index contributed by atoms with van der Waals surface area (Å²) in [6, 6.07) is 57.3. The molecular weight excluding hydrogens is 635 g/mol. The number of allylic oxidation sites excluding steroid dienone is 1. The van der Waals surface area contributed by atoms with Gasteiger partial charge in [0.25, 0.3) is 0 Å². The average Bonchev–Trinajstić information content (AvgIpc) is 3.79. The van der Waals surface area contributed by atoms with Crippen LogP contribution >= 0.6 is 0 Å². The molecule has 6 aromatic carbocycles. The first-order chi connectivity index (χ1) is 25.8. The predicted octanol–water partition coefficient (Wildman–Crippen LogP) is 11.4. The van der Waals surface area contributed by atoms with E-state index in [1.807, 2.05) is 60.7 Å². The molecule has 0 amide bonds. The molecule has 0 fully saturated rings. The van der Waals surface area contributed by atoms with Crippen LogP contribution in [0, 0.1) is 0 Å². The summed E-state index contributed by atoms with van der Waals surface area (Å²) >= 11 is 0. The highest BCUT2D eigenvalue weighted by Crippen LogP contribution is 2.42. The highest BCUT2D eigenvalue weighted by atomic mass is 15.0. The van der Waals surface area contributed by atoms with Gasteiger partial charge in [-0.25, -0.2) is 15.0 Å². The van der Waals surface area contributed by atoms with E-state index in [4.69, 9.17) is 15.0 Å². The first-order valence-electron chi connectivity index (χ1n) is 17.8. The minimum absolute atomic E-state index is 0.641. The van der Waals surface area contributed by atoms with Gasteiger partial charge in [0.15, 0.2) is 17.5 Å². The summed E-state index contributed by atoms with van der Waals surface area (Å²) in [5.74, 6) is 1.94. The second-order valence-electron chi connectivity index (χ2n) is 13.2. The number of aromatic nitrogens is 5. The summed E-state index contributed by atoms with van der Waals surface area (Å²) in [5.41, 5.74) is 12.4. The summed E-state index contributed by atoms with van der Waals surface area (Å²) in [6.45, 7) is 0. The van der Waals surface area contributed by atoms with E-state index >= 15 is 0 Å². The number of hydrogen-bond acceptors (Lipinski definition) is 3. The van der Waals surface area contributed by atoms with Crippen molar-refractivity contribution >= 4 is 27.9 Å². The second kappa shape index (κ2) is 12.5. The maximum Gasteiger partial charge on any atom is 0.164 e. The standard InChI is InChI=1S/C47H33N5/c1-5-16-32(17-6-1)43-31-40-42(51(43)36-23-11-4-12-24-36)29-28-39-38-26-13-14-27-41(38)52(44(39)40)37-25-15-22-35(30-37)47-49-45(33-18-7-2-8-19-33)48-46(50-47)34-20-9-3-10-21-34/h1-12,14-25,27-31H,13,26H2. The lowest BCUT2D eigenvalue weighted by molar-refractivity contribution is 0.968. The molecule has 0 unspecified atom stereocenters. The zero-order chi connectivity index (χ0) is 34.4. The molecular formula is C47H33N5. The van der Waals surface area contributed by atoms with Crippen LogP contribution in [0.5, 0.6) is 0 Å². The van der Waals surface area contributed by atoms with Gasteiger partial charge in [-0.1, -0.05) is 133 Å². The van der Waals surface area contributed by atoms with Crippen molar-refractivity contribution < 1.29 is 0 Å². The molecule has 0 radical (unpaired) electrons. The smallest absolute Gasteiger partial charge is 0.164 e. The number of rotatable bonds is 6. The Bertz CT molecular complexity index is 2700. The second-order valence-corrected chi connectivity index (χ2v) is 13.2. The number of aryl methyl sites for hydroxylation is 1. The summed E-state index contributed by atoms with van der Waals surface area (Å²) in [7, 11) is 0. The van der Waals surface area contributed by atoms with E-state index in [2.05, 4.69) is 124 Å². The van der Waals surface area contributed by atoms with Gasteiger partial charge in [0.1, 0.15) is 0 Å². The summed E-state index contributed by atoms with van der Waals surface area (Å²) in [6.07, 6.45) is 6.63. The zero-order valence-corrected chi connectivity index (χ0v) is 28.4. The first-order valence-corrected chi connectivity index (χ1v) is 17.8. The van der Waals surface area contributed by atoms with Crippen molar-refractivity contribution in [1.82, 2.24) is 24.1 Å². The SMILES string of the molecule is C1=Cc2c(c3ccc4c(cc(-c5ccccc5)n4-c4ccccc4)c3n2-c2cccc(-c3nc(-c4ccccc4)nc(-c4ccccc4)n3)c2)CC1. The highest BCUT2D eigenvalue weighted by molar-refractivity contribution is 6.11. The number of para-hydroxylation sites is 1. The first kappa shape index (κ1) is 30.0. The zero-order valence-electron chi connectivity index (χ0n) is 28.4. The molecule has 9 aromatic rings. The van der Waals surface area contributed by atoms with E-state index in [1.54, 1.807) is 0 Å². The van der Waals surface area contributed by atoms with Crippen LogP contribution in [0.2, 0.25) is 0 Å². The Labute approximate surface area is 301 Å². The van der Waals surface area contributed by atoms with Crippen LogP contribution in [-0.2, 0) is 6.42 Å². The molecule has 0 saturated heterocycles. The lowest BCUT2D eigenvalue weighted by atomic mass is 10.0. The average molecular weight is 668 g/mol. The quantitative estimate of drug-likeness (QED) is 0.177. The molecule has 5 nitrogen and oxygen atoms in total. The van der Waals surface area contributed by atoms with Gasteiger partial charge in [0.05, 0.1) is 16.7 Å². The van der Waals surface area contributed by atoms with E-state index in [1.165, 1.54) is 38.6 Å². The van der Waals surface area contributed by atoms with Crippen molar-refractivity contribution in [3.63, 3.8) is 0 Å². The summed E-state index contributed by atoms with van der Waals surface area (Å²) in [5, 5.41) is 2.51. The third-order valence-corrected chi connectivity index (χ3v) is 10.0. The third-order valence-electron chi connectivity index (χ3n) is 10.0. The molecule has 246 valence electrons. The van der Waals surface area contributed by atoms with Gasteiger partial charge in [0, 0.05) is 44.5 Å². The minimum atomic E-state index is 0.641. The molecule has 3 heterocycles. The minimum Gasteiger partial charge on any atom is -0.309 e. The number of nitrogens with zero attached hydrogens (tertiary/aromatic N) is 5. The molecule has 0 bridgehead atoms. The van der Waals surface area contributed by atoms with Gasteiger partial charge >= 0.3 is 0 Å². The van der Waals surface area contributed by atoms with Gasteiger partial charge in [-0.3, -0.25) is 0 Å². The Balaban J connectivity index is 1.22. The highest BCUT2D eigenvalue weighted by Gasteiger charge is 2.24. The number of hydrogen-bond donors (Lipinski definition) is 0. The van der Waals surface area contributed by atoms with Crippen molar-refractivity contribution in [3.8, 4) is 56.8 Å². The van der Waals surface area contributed by atoms with Crippen molar-refractivity contribution in [3.05, 3.63) is 181 Å². The van der Waals surface area contributed by atoms with Gasteiger partial charge in [-0.05, 0) is 66.4 Å². The van der Waals surface area contributed by atoms with E-state index in [0.717, 1.165) is 46.6 Å². The van der Waals surface area contributed by atoms with E-state index < -0.39 is 0 Å².